The Kier molecular flexibility index (Phi) is 38.9. The van der Waals surface area contributed by atoms with Crippen molar-refractivity contribution in [1.82, 2.24) is 5.32 Å². The van der Waals surface area contributed by atoms with Crippen LogP contribution >= 0.6 is 0 Å². The molecule has 1 heterocycles. The van der Waals surface area contributed by atoms with E-state index in [1.807, 2.05) is 6.08 Å². The van der Waals surface area contributed by atoms with Crippen LogP contribution in [0.5, 0.6) is 0 Å². The molecule has 0 saturated carbocycles. The molecule has 1 rings (SSSR count). The Morgan fingerprint density at radius 2 is 0.932 bits per heavy atom. The standard InChI is InChI=1S/C50H97NO8/c1-3-5-7-9-11-13-15-17-19-21-22-23-24-26-28-30-32-34-36-38-40-46(54)51-43(42-58-50-49(57)48(56)47(55)45(41-52)59-50)44(53)39-37-35-33-31-29-27-25-20-18-16-14-12-10-8-6-4-2/h37,39,43-45,47-50,52-53,55-57H,3-36,38,40-42H2,1-2H3,(H,51,54)/b39-37+/t43-,44+,45+,47+,48?,49?,50+/m0/s1. The van der Waals surface area contributed by atoms with E-state index in [1.165, 1.54) is 186 Å². The molecule has 0 radical (unpaired) electrons. The second-order valence-electron chi connectivity index (χ2n) is 18.0. The number of aliphatic hydroxyl groups excluding tert-OH is 5. The van der Waals surface area contributed by atoms with Crippen molar-refractivity contribution in [2.75, 3.05) is 13.2 Å². The molecule has 350 valence electrons. The second-order valence-corrected chi connectivity index (χ2v) is 18.0. The fourth-order valence-electron chi connectivity index (χ4n) is 8.28. The van der Waals surface area contributed by atoms with E-state index in [-0.39, 0.29) is 12.5 Å². The van der Waals surface area contributed by atoms with Crippen LogP contribution in [0.25, 0.3) is 0 Å². The highest BCUT2D eigenvalue weighted by Gasteiger charge is 2.44. The number of hydrogen-bond donors (Lipinski definition) is 6. The summed E-state index contributed by atoms with van der Waals surface area (Å²) in [5.74, 6) is -0.172. The maximum atomic E-state index is 13.0. The van der Waals surface area contributed by atoms with Crippen LogP contribution in [0.2, 0.25) is 0 Å². The molecule has 0 aromatic heterocycles. The Morgan fingerprint density at radius 3 is 1.32 bits per heavy atom. The summed E-state index contributed by atoms with van der Waals surface area (Å²) in [5.41, 5.74) is 0. The van der Waals surface area contributed by atoms with E-state index >= 15 is 0 Å². The van der Waals surface area contributed by atoms with Gasteiger partial charge in [-0.25, -0.2) is 0 Å². The van der Waals surface area contributed by atoms with E-state index in [2.05, 4.69) is 19.2 Å². The third-order valence-corrected chi connectivity index (χ3v) is 12.4. The molecule has 0 aromatic rings. The minimum atomic E-state index is -1.56. The Morgan fingerprint density at radius 1 is 0.559 bits per heavy atom. The molecule has 9 nitrogen and oxygen atoms in total. The Bertz CT molecular complexity index is 935. The second kappa shape index (κ2) is 41.0. The molecule has 6 N–H and O–H groups in total. The number of aliphatic hydroxyl groups is 5. The van der Waals surface area contributed by atoms with Crippen molar-refractivity contribution in [2.45, 2.75) is 288 Å². The van der Waals surface area contributed by atoms with Crippen molar-refractivity contribution in [1.29, 1.82) is 0 Å². The average molecular weight is 840 g/mol. The molecule has 1 fully saturated rings. The summed E-state index contributed by atoms with van der Waals surface area (Å²) in [6.07, 6.45) is 41.1. The number of carbonyl (C=O) groups excluding carboxylic acids is 1. The number of carbonyl (C=O) groups is 1. The molecular weight excluding hydrogens is 743 g/mol. The van der Waals surface area contributed by atoms with Gasteiger partial charge in [-0.2, -0.15) is 0 Å². The zero-order valence-electron chi connectivity index (χ0n) is 38.5. The summed E-state index contributed by atoms with van der Waals surface area (Å²) in [5, 5.41) is 54.3. The Hall–Kier alpha value is -1.07. The van der Waals surface area contributed by atoms with Gasteiger partial charge in [-0.05, 0) is 19.3 Å². The predicted octanol–water partition coefficient (Wildman–Crippen LogP) is 11.3. The highest BCUT2D eigenvalue weighted by molar-refractivity contribution is 5.76. The van der Waals surface area contributed by atoms with Gasteiger partial charge >= 0.3 is 0 Å². The van der Waals surface area contributed by atoms with Crippen LogP contribution in [0.1, 0.15) is 245 Å². The molecule has 2 unspecified atom stereocenters. The minimum absolute atomic E-state index is 0.172. The lowest BCUT2D eigenvalue weighted by molar-refractivity contribution is -0.302. The van der Waals surface area contributed by atoms with E-state index in [0.29, 0.717) is 6.42 Å². The lowest BCUT2D eigenvalue weighted by atomic mass is 9.99. The highest BCUT2D eigenvalue weighted by atomic mass is 16.7. The van der Waals surface area contributed by atoms with E-state index in [1.54, 1.807) is 6.08 Å². The van der Waals surface area contributed by atoms with Crippen LogP contribution in [-0.2, 0) is 14.3 Å². The molecule has 7 atom stereocenters. The van der Waals surface area contributed by atoms with Crippen molar-refractivity contribution in [3.05, 3.63) is 12.2 Å². The number of ether oxygens (including phenoxy) is 2. The van der Waals surface area contributed by atoms with Gasteiger partial charge in [0.05, 0.1) is 25.4 Å². The van der Waals surface area contributed by atoms with Gasteiger partial charge in [0, 0.05) is 6.42 Å². The quantitative estimate of drug-likeness (QED) is 0.0263. The molecule has 1 aliphatic rings. The van der Waals surface area contributed by atoms with Crippen molar-refractivity contribution >= 4 is 5.91 Å². The highest BCUT2D eigenvalue weighted by Crippen LogP contribution is 2.23. The number of unbranched alkanes of at least 4 members (excludes halogenated alkanes) is 33. The van der Waals surface area contributed by atoms with Crippen molar-refractivity contribution in [3.63, 3.8) is 0 Å². The van der Waals surface area contributed by atoms with Gasteiger partial charge in [0.1, 0.15) is 24.4 Å². The average Bonchev–Trinajstić information content (AvgIpc) is 3.23. The van der Waals surface area contributed by atoms with Crippen LogP contribution in [0.4, 0.5) is 0 Å². The Balaban J connectivity index is 2.28. The van der Waals surface area contributed by atoms with Gasteiger partial charge in [-0.15, -0.1) is 0 Å². The molecule has 0 spiro atoms. The third kappa shape index (κ3) is 31.4. The molecule has 0 aliphatic carbocycles. The number of nitrogens with one attached hydrogen (secondary N) is 1. The first-order valence-corrected chi connectivity index (χ1v) is 25.4. The van der Waals surface area contributed by atoms with E-state index < -0.39 is 49.5 Å². The minimum Gasteiger partial charge on any atom is -0.394 e. The molecule has 1 saturated heterocycles. The predicted molar refractivity (Wildman–Crippen MR) is 244 cm³/mol. The molecule has 1 amide bonds. The van der Waals surface area contributed by atoms with Crippen LogP contribution in [0, 0.1) is 0 Å². The first kappa shape index (κ1) is 55.9. The van der Waals surface area contributed by atoms with Crippen LogP contribution in [-0.4, -0.2) is 87.5 Å². The largest absolute Gasteiger partial charge is 0.394 e. The van der Waals surface area contributed by atoms with Crippen LogP contribution in [0.15, 0.2) is 12.2 Å². The van der Waals surface area contributed by atoms with Gasteiger partial charge in [-0.1, -0.05) is 231 Å². The van der Waals surface area contributed by atoms with Crippen molar-refractivity contribution < 1.29 is 39.8 Å². The number of allylic oxidation sites excluding steroid dienone is 1. The zero-order chi connectivity index (χ0) is 43.0. The summed E-state index contributed by atoms with van der Waals surface area (Å²) in [6, 6.07) is -0.799. The van der Waals surface area contributed by atoms with Gasteiger partial charge in [0.25, 0.3) is 0 Å². The smallest absolute Gasteiger partial charge is 0.220 e. The van der Waals surface area contributed by atoms with E-state index in [4.69, 9.17) is 9.47 Å². The fourth-order valence-corrected chi connectivity index (χ4v) is 8.28. The third-order valence-electron chi connectivity index (χ3n) is 12.4. The molecule has 59 heavy (non-hydrogen) atoms. The molecule has 0 bridgehead atoms. The number of amides is 1. The van der Waals surface area contributed by atoms with E-state index in [9.17, 15) is 30.3 Å². The van der Waals surface area contributed by atoms with Crippen LogP contribution in [0.3, 0.4) is 0 Å². The summed E-state index contributed by atoms with van der Waals surface area (Å²) in [6.45, 7) is 3.80. The zero-order valence-corrected chi connectivity index (χ0v) is 38.5. The molecule has 0 aromatic carbocycles. The van der Waals surface area contributed by atoms with Crippen molar-refractivity contribution in [3.8, 4) is 0 Å². The summed E-state index contributed by atoms with van der Waals surface area (Å²) < 4.78 is 11.2. The first-order valence-electron chi connectivity index (χ1n) is 25.4. The van der Waals surface area contributed by atoms with Gasteiger partial charge in [0.2, 0.25) is 5.91 Å². The van der Waals surface area contributed by atoms with E-state index in [0.717, 1.165) is 38.5 Å². The summed E-state index contributed by atoms with van der Waals surface area (Å²) >= 11 is 0. The lowest BCUT2D eigenvalue weighted by Crippen LogP contribution is -2.60. The monoisotopic (exact) mass is 840 g/mol. The molecular formula is C50H97NO8. The lowest BCUT2D eigenvalue weighted by Gasteiger charge is -2.40. The van der Waals surface area contributed by atoms with Gasteiger partial charge < -0.3 is 40.3 Å². The summed E-state index contributed by atoms with van der Waals surface area (Å²) in [7, 11) is 0. The summed E-state index contributed by atoms with van der Waals surface area (Å²) in [4.78, 5) is 13.0. The molecule has 1 aliphatic heterocycles. The topological polar surface area (TPSA) is 149 Å². The molecule has 9 heteroatoms. The number of hydrogen-bond acceptors (Lipinski definition) is 8. The van der Waals surface area contributed by atoms with Gasteiger partial charge in [-0.3, -0.25) is 4.79 Å². The normalized spacial score (nSPS) is 20.7. The maximum Gasteiger partial charge on any atom is 0.220 e. The number of rotatable bonds is 43. The SMILES string of the molecule is CCCCCCCCCCCCCCCC/C=C/[C@@H](O)[C@H](CO[C@@H]1O[C@H](CO)[C@@H](O)C(O)C1O)NC(=O)CCCCCCCCCCCCCCCCCCCCCC. The van der Waals surface area contributed by atoms with Gasteiger partial charge in [0.15, 0.2) is 6.29 Å². The van der Waals surface area contributed by atoms with Crippen molar-refractivity contribution in [2.24, 2.45) is 0 Å². The Labute approximate surface area is 363 Å². The van der Waals surface area contributed by atoms with Crippen LogP contribution < -0.4 is 5.32 Å². The first-order chi connectivity index (χ1) is 28.8. The maximum absolute atomic E-state index is 13.0. The fraction of sp³-hybridized carbons (Fsp3) is 0.940.